The molecule has 1 heterocycles. The van der Waals surface area contributed by atoms with Crippen LogP contribution in [0.5, 0.6) is 5.75 Å². The molecule has 0 radical (unpaired) electrons. The summed E-state index contributed by atoms with van der Waals surface area (Å²) in [6.45, 7) is 1.01. The summed E-state index contributed by atoms with van der Waals surface area (Å²) in [4.78, 5) is 2.07. The molecule has 1 aliphatic rings. The average Bonchev–Trinajstić information content (AvgIpc) is 2.96. The lowest BCUT2D eigenvalue weighted by Gasteiger charge is -2.19. The molecule has 3 rings (SSSR count). The Hall–Kier alpha value is -2.20. The van der Waals surface area contributed by atoms with E-state index in [1.165, 1.54) is 0 Å². The van der Waals surface area contributed by atoms with Gasteiger partial charge in [-0.1, -0.05) is 41.9 Å². The molecule has 0 fully saturated rings. The van der Waals surface area contributed by atoms with E-state index in [1.54, 1.807) is 6.07 Å². The predicted octanol–water partition coefficient (Wildman–Crippen LogP) is 3.10. The molecule has 0 bridgehead atoms. The van der Waals surface area contributed by atoms with Crippen molar-refractivity contribution < 1.29 is 4.74 Å². The number of halogens is 1. The lowest BCUT2D eigenvalue weighted by molar-refractivity contribution is 0.375. The highest BCUT2D eigenvalue weighted by Crippen LogP contribution is 2.23. The van der Waals surface area contributed by atoms with Crippen LogP contribution in [0.2, 0.25) is 5.02 Å². The van der Waals surface area contributed by atoms with Gasteiger partial charge in [-0.3, -0.25) is 5.43 Å². The van der Waals surface area contributed by atoms with Crippen molar-refractivity contribution >= 4 is 23.1 Å². The third-order valence-electron chi connectivity index (χ3n) is 3.01. The summed E-state index contributed by atoms with van der Waals surface area (Å²) in [5, 5.41) is 4.86. The zero-order chi connectivity index (χ0) is 13.8. The van der Waals surface area contributed by atoms with Gasteiger partial charge in [0.2, 0.25) is 0 Å². The van der Waals surface area contributed by atoms with Crippen molar-refractivity contribution in [3.8, 4) is 5.75 Å². The molecule has 0 unspecified atom stereocenters. The smallest absolute Gasteiger partial charge is 0.168 e. The quantitative estimate of drug-likeness (QED) is 0.939. The number of hydrazone groups is 1. The van der Waals surface area contributed by atoms with E-state index < -0.39 is 0 Å². The molecule has 5 heteroatoms. The van der Waals surface area contributed by atoms with Crippen LogP contribution in [-0.4, -0.2) is 19.1 Å². The first-order valence-corrected chi connectivity index (χ1v) is 6.72. The molecule has 102 valence electrons. The van der Waals surface area contributed by atoms with Gasteiger partial charge in [-0.2, -0.15) is 5.10 Å². The monoisotopic (exact) mass is 287 g/mol. The Balaban J connectivity index is 1.70. The van der Waals surface area contributed by atoms with Crippen LogP contribution in [-0.2, 0) is 0 Å². The second-order valence-electron chi connectivity index (χ2n) is 4.33. The van der Waals surface area contributed by atoms with Crippen LogP contribution in [0.15, 0.2) is 59.7 Å². The fourth-order valence-corrected chi connectivity index (χ4v) is 2.20. The zero-order valence-corrected chi connectivity index (χ0v) is 11.5. The van der Waals surface area contributed by atoms with Gasteiger partial charge < -0.3 is 9.64 Å². The normalized spacial score (nSPS) is 13.8. The Labute approximate surface area is 122 Å². The number of amidine groups is 1. The number of benzene rings is 2. The van der Waals surface area contributed by atoms with Crippen molar-refractivity contribution in [2.24, 2.45) is 5.10 Å². The minimum absolute atomic E-state index is 0.367. The molecule has 0 spiro atoms. The van der Waals surface area contributed by atoms with E-state index in [0.717, 1.165) is 11.5 Å². The highest BCUT2D eigenvalue weighted by atomic mass is 35.5. The molecule has 0 amide bonds. The van der Waals surface area contributed by atoms with Gasteiger partial charge in [-0.15, -0.1) is 0 Å². The van der Waals surface area contributed by atoms with Crippen LogP contribution in [0.4, 0.5) is 5.69 Å². The molecule has 0 saturated carbocycles. The molecule has 0 saturated heterocycles. The topological polar surface area (TPSA) is 36.9 Å². The van der Waals surface area contributed by atoms with E-state index in [-0.39, 0.29) is 0 Å². The molecule has 20 heavy (non-hydrogen) atoms. The molecule has 2 aromatic rings. The number of ether oxygens (including phenoxy) is 1. The van der Waals surface area contributed by atoms with Crippen LogP contribution < -0.4 is 15.1 Å². The lowest BCUT2D eigenvalue weighted by atomic mass is 10.3. The molecule has 4 nitrogen and oxygen atoms in total. The Morgan fingerprint density at radius 2 is 1.85 bits per heavy atom. The van der Waals surface area contributed by atoms with Crippen molar-refractivity contribution in [1.29, 1.82) is 0 Å². The Kier molecular flexibility index (Phi) is 3.74. The largest absolute Gasteiger partial charge is 0.484 e. The Morgan fingerprint density at radius 1 is 1.10 bits per heavy atom. The van der Waals surface area contributed by atoms with E-state index in [1.807, 2.05) is 48.5 Å². The van der Waals surface area contributed by atoms with Gasteiger partial charge in [0.05, 0.1) is 5.02 Å². The minimum Gasteiger partial charge on any atom is -0.484 e. The molecule has 0 aromatic heterocycles. The van der Waals surface area contributed by atoms with Gasteiger partial charge in [0, 0.05) is 5.69 Å². The van der Waals surface area contributed by atoms with Gasteiger partial charge in [0.15, 0.2) is 5.84 Å². The molecule has 2 aromatic carbocycles. The predicted molar refractivity (Wildman–Crippen MR) is 81.3 cm³/mol. The summed E-state index contributed by atoms with van der Waals surface area (Å²) in [7, 11) is 0. The third-order valence-corrected chi connectivity index (χ3v) is 3.32. The highest BCUT2D eigenvalue weighted by Gasteiger charge is 2.19. The van der Waals surface area contributed by atoms with Crippen LogP contribution in [0.3, 0.4) is 0 Å². The second-order valence-corrected chi connectivity index (χ2v) is 4.73. The maximum atomic E-state index is 6.07. The first-order valence-electron chi connectivity index (χ1n) is 6.34. The standard InChI is InChI=1S/C15H14ClN3O/c16-13-8-4-5-9-14(13)20-10-15-18-17-11-19(15)12-6-2-1-3-7-12/h1-9,17H,10-11H2. The van der Waals surface area contributed by atoms with Gasteiger partial charge in [-0.25, -0.2) is 0 Å². The number of hydrogen-bond acceptors (Lipinski definition) is 4. The average molecular weight is 288 g/mol. The molecule has 0 aliphatic carbocycles. The van der Waals surface area contributed by atoms with E-state index >= 15 is 0 Å². The number of rotatable bonds is 4. The summed E-state index contributed by atoms with van der Waals surface area (Å²) in [6.07, 6.45) is 0. The zero-order valence-electron chi connectivity index (χ0n) is 10.8. The van der Waals surface area contributed by atoms with E-state index in [9.17, 15) is 0 Å². The van der Waals surface area contributed by atoms with Gasteiger partial charge in [0.1, 0.15) is 19.0 Å². The van der Waals surface area contributed by atoms with Gasteiger partial charge in [0.25, 0.3) is 0 Å². The lowest BCUT2D eigenvalue weighted by Crippen LogP contribution is -2.32. The fraction of sp³-hybridized carbons (Fsp3) is 0.133. The van der Waals surface area contributed by atoms with Crippen molar-refractivity contribution in [2.75, 3.05) is 18.2 Å². The number of hydrogen-bond donors (Lipinski definition) is 1. The summed E-state index contributed by atoms with van der Waals surface area (Å²) in [6, 6.07) is 17.5. The SMILES string of the molecule is Clc1ccccc1OCC1=NNCN1c1ccccc1. The highest BCUT2D eigenvalue weighted by molar-refractivity contribution is 6.32. The molecule has 1 aliphatic heterocycles. The van der Waals surface area contributed by atoms with Crippen molar-refractivity contribution in [3.63, 3.8) is 0 Å². The van der Waals surface area contributed by atoms with Crippen molar-refractivity contribution in [2.45, 2.75) is 0 Å². The molecular formula is C15H14ClN3O. The van der Waals surface area contributed by atoms with Crippen LogP contribution in [0.25, 0.3) is 0 Å². The summed E-state index contributed by atoms with van der Waals surface area (Å²) < 4.78 is 5.73. The third kappa shape index (κ3) is 2.70. The van der Waals surface area contributed by atoms with Crippen molar-refractivity contribution in [3.05, 3.63) is 59.6 Å². The maximum Gasteiger partial charge on any atom is 0.168 e. The summed E-state index contributed by atoms with van der Waals surface area (Å²) in [5.41, 5.74) is 4.06. The fourth-order valence-electron chi connectivity index (χ4n) is 2.01. The van der Waals surface area contributed by atoms with Gasteiger partial charge >= 0.3 is 0 Å². The van der Waals surface area contributed by atoms with Crippen molar-refractivity contribution in [1.82, 2.24) is 5.43 Å². The first-order chi connectivity index (χ1) is 9.84. The maximum absolute atomic E-state index is 6.07. The number of anilines is 1. The van der Waals surface area contributed by atoms with Crippen LogP contribution in [0, 0.1) is 0 Å². The molecule has 1 N–H and O–H groups in total. The summed E-state index contributed by atoms with van der Waals surface area (Å²) in [5.74, 6) is 1.49. The number of para-hydroxylation sites is 2. The molecule has 0 atom stereocenters. The van der Waals surface area contributed by atoms with Crippen LogP contribution >= 0.6 is 11.6 Å². The molecular weight excluding hydrogens is 274 g/mol. The Bertz CT molecular complexity index is 616. The Morgan fingerprint density at radius 3 is 2.65 bits per heavy atom. The number of nitrogens with zero attached hydrogens (tertiary/aromatic N) is 2. The second kappa shape index (κ2) is 5.84. The number of nitrogens with one attached hydrogen (secondary N) is 1. The van der Waals surface area contributed by atoms with E-state index in [2.05, 4.69) is 15.4 Å². The minimum atomic E-state index is 0.367. The van der Waals surface area contributed by atoms with E-state index in [4.69, 9.17) is 16.3 Å². The first kappa shape index (κ1) is 12.8. The van der Waals surface area contributed by atoms with Crippen LogP contribution in [0.1, 0.15) is 0 Å². The van der Waals surface area contributed by atoms with Gasteiger partial charge in [-0.05, 0) is 24.3 Å². The summed E-state index contributed by atoms with van der Waals surface area (Å²) >= 11 is 6.07. The van der Waals surface area contributed by atoms with E-state index in [0.29, 0.717) is 24.0 Å².